The second-order valence-corrected chi connectivity index (χ2v) is 4.97. The van der Waals surface area contributed by atoms with Gasteiger partial charge in [-0.3, -0.25) is 0 Å². The number of aromatic nitrogens is 2. The number of benzene rings is 2. The van der Waals surface area contributed by atoms with E-state index in [1.54, 1.807) is 6.07 Å². The van der Waals surface area contributed by atoms with Crippen molar-refractivity contribution in [2.45, 2.75) is 0 Å². The van der Waals surface area contributed by atoms with Gasteiger partial charge in [0.1, 0.15) is 18.8 Å². The molecule has 1 aromatic heterocycles. The highest BCUT2D eigenvalue weighted by atomic mass is 19.2. The summed E-state index contributed by atoms with van der Waals surface area (Å²) >= 11 is 0. The first-order chi connectivity index (χ1) is 12.1. The fourth-order valence-electron chi connectivity index (χ4n) is 2.32. The van der Waals surface area contributed by atoms with E-state index in [0.29, 0.717) is 22.4 Å². The second kappa shape index (κ2) is 7.01. The summed E-state index contributed by atoms with van der Waals surface area (Å²) in [6.07, 6.45) is 6.42. The lowest BCUT2D eigenvalue weighted by molar-refractivity contribution is 0.331. The summed E-state index contributed by atoms with van der Waals surface area (Å²) in [4.78, 5) is 8.08. The zero-order valence-corrected chi connectivity index (χ0v) is 13.2. The second-order valence-electron chi connectivity index (χ2n) is 4.97. The molecule has 7 heteroatoms. The highest BCUT2D eigenvalue weighted by molar-refractivity contribution is 5.93. The number of halogens is 2. The molecule has 1 heterocycles. The molecule has 0 bridgehead atoms. The van der Waals surface area contributed by atoms with E-state index in [1.807, 2.05) is 0 Å². The molecule has 2 aromatic carbocycles. The fraction of sp³-hybridized carbons (Fsp3) is 0.111. The van der Waals surface area contributed by atoms with Gasteiger partial charge in [-0.25, -0.2) is 14.4 Å². The van der Waals surface area contributed by atoms with Crippen LogP contribution in [0.3, 0.4) is 0 Å². The Labute approximate surface area is 142 Å². The highest BCUT2D eigenvalue weighted by Crippen LogP contribution is 2.37. The monoisotopic (exact) mass is 341 g/mol. The van der Waals surface area contributed by atoms with Crippen LogP contribution in [0.5, 0.6) is 11.5 Å². The third kappa shape index (κ3) is 3.28. The molecule has 0 N–H and O–H groups in total. The predicted molar refractivity (Wildman–Crippen MR) is 90.1 cm³/mol. The van der Waals surface area contributed by atoms with E-state index in [2.05, 4.69) is 15.9 Å². The number of terminal acetylenes is 1. The predicted octanol–water partition coefficient (Wildman–Crippen LogP) is 3.81. The maximum Gasteiger partial charge on any atom is 0.174 e. The van der Waals surface area contributed by atoms with E-state index in [-0.39, 0.29) is 23.2 Å². The minimum absolute atomic E-state index is 0.00177. The quantitative estimate of drug-likeness (QED) is 0.522. The topological polar surface area (TPSA) is 47.5 Å². The van der Waals surface area contributed by atoms with Crippen molar-refractivity contribution < 1.29 is 18.3 Å². The van der Waals surface area contributed by atoms with Gasteiger partial charge in [0, 0.05) is 17.5 Å². The molecule has 0 unspecified atom stereocenters. The van der Waals surface area contributed by atoms with Crippen molar-refractivity contribution in [3.63, 3.8) is 0 Å². The number of ether oxygens (including phenoxy) is 2. The van der Waals surface area contributed by atoms with Crippen LogP contribution in [0.15, 0.2) is 42.7 Å². The van der Waals surface area contributed by atoms with Crippen LogP contribution < -0.4 is 14.6 Å². The van der Waals surface area contributed by atoms with E-state index in [1.165, 1.54) is 37.7 Å². The Morgan fingerprint density at radius 3 is 2.76 bits per heavy atom. The molecule has 0 amide bonds. The molecule has 126 valence electrons. The molecular formula is C18H13F2N3O2. The summed E-state index contributed by atoms with van der Waals surface area (Å²) in [5.41, 5.74) is 0.441. The summed E-state index contributed by atoms with van der Waals surface area (Å²) in [6, 6.07) is 8.25. The molecule has 0 saturated carbocycles. The Kier molecular flexibility index (Phi) is 4.61. The molecule has 0 atom stereocenters. The zero-order valence-electron chi connectivity index (χ0n) is 13.2. The molecule has 0 aliphatic heterocycles. The van der Waals surface area contributed by atoms with Crippen molar-refractivity contribution in [2.24, 2.45) is 0 Å². The zero-order chi connectivity index (χ0) is 17.8. The number of hydrogen-bond acceptors (Lipinski definition) is 5. The fourth-order valence-corrected chi connectivity index (χ4v) is 2.32. The van der Waals surface area contributed by atoms with Crippen LogP contribution in [0.2, 0.25) is 0 Å². The average molecular weight is 341 g/mol. The van der Waals surface area contributed by atoms with Gasteiger partial charge in [0.25, 0.3) is 0 Å². The van der Waals surface area contributed by atoms with E-state index >= 15 is 0 Å². The van der Waals surface area contributed by atoms with Crippen molar-refractivity contribution in [1.29, 1.82) is 0 Å². The lowest BCUT2D eigenvalue weighted by Crippen LogP contribution is -2.07. The van der Waals surface area contributed by atoms with Crippen molar-refractivity contribution in [3.8, 4) is 23.8 Å². The number of nitrogens with zero attached hydrogens (tertiary/aromatic N) is 3. The van der Waals surface area contributed by atoms with E-state index in [0.717, 1.165) is 6.07 Å². The first-order valence-corrected chi connectivity index (χ1v) is 7.24. The molecular weight excluding hydrogens is 328 g/mol. The molecule has 0 aliphatic rings. The van der Waals surface area contributed by atoms with E-state index in [4.69, 9.17) is 15.9 Å². The number of methoxy groups -OCH3 is 1. The van der Waals surface area contributed by atoms with E-state index < -0.39 is 5.82 Å². The maximum absolute atomic E-state index is 14.8. The van der Waals surface area contributed by atoms with Crippen molar-refractivity contribution in [1.82, 2.24) is 9.97 Å². The van der Waals surface area contributed by atoms with Gasteiger partial charge in [0.2, 0.25) is 0 Å². The number of hydrogen-bond donors (Lipinski definition) is 0. The molecule has 3 rings (SSSR count). The van der Waals surface area contributed by atoms with Crippen molar-refractivity contribution in [2.75, 3.05) is 18.8 Å². The standard InChI is InChI=1S/C18H13F2N3O2/c1-3-7-25-17-9-14-15(10-16(17)24-2)21-11-22-18(14)23(20)13-6-4-5-12(19)8-13/h1,4-6,8-11H,7H2,2H3. The summed E-state index contributed by atoms with van der Waals surface area (Å²) in [5, 5.41) is 0.645. The smallest absolute Gasteiger partial charge is 0.174 e. The van der Waals surface area contributed by atoms with Gasteiger partial charge in [-0.15, -0.1) is 6.42 Å². The molecule has 0 radical (unpaired) electrons. The summed E-state index contributed by atoms with van der Waals surface area (Å²) in [7, 11) is 1.47. The van der Waals surface area contributed by atoms with Crippen LogP contribution in [0.4, 0.5) is 20.4 Å². The number of anilines is 2. The lowest BCUT2D eigenvalue weighted by Gasteiger charge is -2.16. The van der Waals surface area contributed by atoms with Gasteiger partial charge in [-0.2, -0.15) is 5.12 Å². The third-order valence-corrected chi connectivity index (χ3v) is 3.43. The summed E-state index contributed by atoms with van der Waals surface area (Å²) in [6.45, 7) is 0.0220. The molecule has 0 saturated heterocycles. The molecule has 0 fully saturated rings. The Balaban J connectivity index is 2.13. The lowest BCUT2D eigenvalue weighted by atomic mass is 10.2. The first-order valence-electron chi connectivity index (χ1n) is 7.24. The Morgan fingerprint density at radius 1 is 1.20 bits per heavy atom. The largest absolute Gasteiger partial charge is 0.493 e. The van der Waals surface area contributed by atoms with Crippen molar-refractivity contribution in [3.05, 3.63) is 48.5 Å². The van der Waals surface area contributed by atoms with Crippen LogP contribution in [0, 0.1) is 18.2 Å². The van der Waals surface area contributed by atoms with Crippen LogP contribution in [-0.4, -0.2) is 23.7 Å². The van der Waals surface area contributed by atoms with Gasteiger partial charge in [-0.05, 0) is 18.2 Å². The minimum atomic E-state index is -0.557. The Hall–Kier alpha value is -3.40. The van der Waals surface area contributed by atoms with E-state index in [9.17, 15) is 8.87 Å². The van der Waals surface area contributed by atoms with Gasteiger partial charge >= 0.3 is 0 Å². The Bertz CT molecular complexity index is 957. The number of rotatable bonds is 5. The van der Waals surface area contributed by atoms with Gasteiger partial charge < -0.3 is 9.47 Å². The van der Waals surface area contributed by atoms with Gasteiger partial charge in [-0.1, -0.05) is 16.5 Å². The van der Waals surface area contributed by atoms with Crippen LogP contribution in [0.1, 0.15) is 0 Å². The van der Waals surface area contributed by atoms with Crippen molar-refractivity contribution >= 4 is 22.4 Å². The summed E-state index contributed by atoms with van der Waals surface area (Å²) in [5.74, 6) is 2.48. The van der Waals surface area contributed by atoms with Crippen LogP contribution in [-0.2, 0) is 0 Å². The van der Waals surface area contributed by atoms with Gasteiger partial charge in [0.15, 0.2) is 17.3 Å². The molecule has 25 heavy (non-hydrogen) atoms. The minimum Gasteiger partial charge on any atom is -0.493 e. The number of fused-ring (bicyclic) bond motifs is 1. The SMILES string of the molecule is C#CCOc1cc2c(N(F)c3cccc(F)c3)ncnc2cc1OC. The molecule has 0 aliphatic carbocycles. The molecule has 0 spiro atoms. The maximum atomic E-state index is 14.8. The van der Waals surface area contributed by atoms with Crippen LogP contribution in [0.25, 0.3) is 10.9 Å². The first kappa shape index (κ1) is 16.5. The summed E-state index contributed by atoms with van der Waals surface area (Å²) < 4.78 is 38.9. The average Bonchev–Trinajstić information content (AvgIpc) is 2.64. The molecule has 5 nitrogen and oxygen atoms in total. The van der Waals surface area contributed by atoms with Crippen LogP contribution >= 0.6 is 0 Å². The highest BCUT2D eigenvalue weighted by Gasteiger charge is 2.17. The normalized spacial score (nSPS) is 10.3. The molecule has 3 aromatic rings. The third-order valence-electron chi connectivity index (χ3n) is 3.43. The van der Waals surface area contributed by atoms with Gasteiger partial charge in [0.05, 0.1) is 18.3 Å². The Morgan fingerprint density at radius 2 is 2.04 bits per heavy atom.